The van der Waals surface area contributed by atoms with Crippen molar-refractivity contribution in [3.8, 4) is 0 Å². The molecule has 18 radical (unpaired) electrons. The number of hydrogen-bond acceptors (Lipinski definition) is 4. The predicted molar refractivity (Wildman–Crippen MR) is 475 cm³/mol. The fourth-order valence-corrected chi connectivity index (χ4v) is 115. The molecule has 0 aromatic rings. The third kappa shape index (κ3) is 1.77. The molecular formula is C105H103B14F7N4Y4. The molecule has 74 fully saturated rings. The van der Waals surface area contributed by atoms with Crippen molar-refractivity contribution in [2.75, 3.05) is 0 Å². The summed E-state index contributed by atoms with van der Waals surface area (Å²) in [5.41, 5.74) is 64.9. The molecule has 74 aliphatic carbocycles. The van der Waals surface area contributed by atoms with Crippen LogP contribution in [0.4, 0.5) is 30.2 Å². The van der Waals surface area contributed by atoms with E-state index < -0.39 is 51.9 Å². The van der Waals surface area contributed by atoms with Crippen molar-refractivity contribution in [2.45, 2.75) is 118 Å². The number of hydrogen-bond donors (Lipinski definition) is 4. The minimum atomic E-state index is -1.92. The first-order chi connectivity index (χ1) is 59.9. The summed E-state index contributed by atoms with van der Waals surface area (Å²) in [6, 6.07) is 0. The van der Waals surface area contributed by atoms with Gasteiger partial charge in [-0.25, -0.2) is 0 Å². The van der Waals surface area contributed by atoms with E-state index in [1.165, 1.54) is 330 Å². The van der Waals surface area contributed by atoms with Crippen LogP contribution in [0.25, 0.3) is 0 Å². The van der Waals surface area contributed by atoms with Crippen molar-refractivity contribution in [1.82, 2.24) is 24.6 Å². The first-order valence-corrected chi connectivity index (χ1v) is 51.7. The van der Waals surface area contributed by atoms with Crippen LogP contribution < -0.4 is 24.6 Å². The Morgan fingerprint density at radius 1 is 0.164 bits per heavy atom. The molecule has 0 aromatic carbocycles. The van der Waals surface area contributed by atoms with Crippen molar-refractivity contribution >= 4 is 106 Å². The fourth-order valence-electron chi connectivity index (χ4n) is 115. The Labute approximate surface area is 901 Å². The van der Waals surface area contributed by atoms with Gasteiger partial charge < -0.3 is 54.8 Å². The molecule has 646 valence electrons. The summed E-state index contributed by atoms with van der Waals surface area (Å²) >= 11 is 0. The molecule has 0 amide bonds. The first kappa shape index (κ1) is 70.1. The van der Waals surface area contributed by atoms with Crippen molar-refractivity contribution in [1.29, 1.82) is 9.35 Å². The van der Waals surface area contributed by atoms with Gasteiger partial charge >= 0.3 is 0 Å². The smallest absolute Gasteiger partial charge is 0.275 e. The van der Waals surface area contributed by atoms with Gasteiger partial charge in [0.05, 0.1) is 54.2 Å². The standard InChI is InChI=1S/C90H38.C6H10.9CH4.7B2FH.4H3N.4Y/c1-5-13-21-29-22-14-6-2-11-19-27-33-34-28-20-12-4-8-16-24-30-23-15-7-3-10-18-26-32-31-25-17-9(1)35(5)39(13)47(21)55(29)48(22)40(14)36(6,11)45(19)53(27)59(33)60(34)54(28)46(20)38(8,12)42(16)50(24)56(30)49(23)41(15)37(7,10)44(18)52(26)58(32)57(31)51(25)43(17,35)61(39)65(47)73(55)66(48)62(40,45)71(53)77(59)78(60)72(54)64(42,46)68(50)74(56)67(49)63(41,44)70(52)76(58)75(57)69(51,61)79(65)83(73)80(66,71)87(77)88(78)82(68,72)84(74)81(67,70)86(76)85(75,79)89(83,87)90(84,86)88;1-2-6-4-3-5(1)6;;;;;;;;;;7*1-2-3;;;;;;;;/h5-34H,1-4H2;5-6H,1-4H2;9*1H4;7*2H;4*1H3;;;;/i;;;;;;;;;;;7*2T;;;;;;;;. The van der Waals surface area contributed by atoms with Gasteiger partial charge in [-0.2, -0.15) is 0 Å². The number of fused-ring (bicyclic) bond motifs is 27. The molecular weight excluding hydrogens is 1960 g/mol. The summed E-state index contributed by atoms with van der Waals surface area (Å²) in [6.45, 7) is 0. The van der Waals surface area contributed by atoms with Gasteiger partial charge in [0.25, 0.3) is 51.9 Å². The van der Waals surface area contributed by atoms with Crippen LogP contribution in [-0.4, -0.2) is 115 Å². The van der Waals surface area contributed by atoms with Gasteiger partial charge in [-0.05, 0) is 544 Å². The number of halogens is 7. The van der Waals surface area contributed by atoms with Crippen molar-refractivity contribution in [3.05, 3.63) is 75.8 Å². The SMILES string of the molecule is C.C.C.C.C.C.C.C.C.C1C2C3C4C5C6C7C8CC9C%10C%11C%12C%13C%14C%15C%16CC%17C%18C%19C%20C%21C%22C%23CC%24C%25C%26C%27C%28C%29C%30C1C21C32C43C54C65C76C89C%107C%118C%129C%13%10C%14%11C%15%12C%17%16C%18%13C%19%14C%20%15C%21%16C%22%17C%23%24C%25%18C%26%19C%27%20C%28%21C%29%22C%301C21C32C43C54C67C85C96C%107C%118C%13%12C%149C%15%10C%16%11C%17%18C%19%12C%20%13C%21%14C%221C21C32C45C63C74C98C%105C%11%12C%136C%141C23C564.C1CC2CCC12.N.N.N.N.[3H]B([B])F.[3H]B([B])F.[3H]B([B])F.[3H]B([B])F.[3H]B([B])F.[3H]B([B])F.[3H]B([B])F.[Y].[Y].[Y].[Y]. The van der Waals surface area contributed by atoms with Gasteiger partial charge in [0, 0.05) is 140 Å². The Kier molecular flexibility index (Phi) is 6.59. The zero-order valence-corrected chi connectivity index (χ0v) is 79.4. The van der Waals surface area contributed by atoms with Crippen LogP contribution in [0.1, 0.15) is 118 Å². The molecule has 0 aromatic heterocycles. The summed E-state index contributed by atoms with van der Waals surface area (Å²) in [5.74, 6) is 45.8. The van der Waals surface area contributed by atoms with Gasteiger partial charge in [0.1, 0.15) is 0 Å². The van der Waals surface area contributed by atoms with Gasteiger partial charge in [0.15, 0.2) is 0 Å². The predicted octanol–water partition coefficient (Wildman–Crippen LogP) is 10.3. The fraction of sp³-hybridized carbons (Fsp3) is 1.00. The Morgan fingerprint density at radius 2 is 0.254 bits per heavy atom. The molecule has 4 nitrogen and oxygen atoms in total. The minimum absolute atomic E-state index is 0. The molecule has 0 bridgehead atoms. The molecule has 74 rings (SSSR count). The van der Waals surface area contributed by atoms with E-state index in [1.807, 2.05) is 25.7 Å². The molecule has 74 aliphatic rings. The summed E-state index contributed by atoms with van der Waals surface area (Å²) in [7, 11) is 15.4. The van der Waals surface area contributed by atoms with E-state index in [1.54, 1.807) is 25.7 Å². The zero-order chi connectivity index (χ0) is 77.2. The Morgan fingerprint density at radius 3 is 0.366 bits per heavy atom. The largest absolute Gasteiger partial charge is 0.354 e. The van der Waals surface area contributed by atoms with E-state index in [9.17, 15) is 30.2 Å². The monoisotopic (exact) mass is 2080 g/mol. The van der Waals surface area contributed by atoms with Gasteiger partial charge in [-0.3, -0.25) is 0 Å². The van der Waals surface area contributed by atoms with Gasteiger partial charge in [-0.15, -0.1) is 0 Å². The van der Waals surface area contributed by atoms with Crippen LogP contribution in [0.5, 0.6) is 0 Å². The number of rotatable bonds is 0. The van der Waals surface area contributed by atoms with Crippen LogP contribution >= 0.6 is 0 Å². The minimum Gasteiger partial charge on any atom is -0.354 e. The normalized spacial score (nSPS) is 109. The van der Waals surface area contributed by atoms with Crippen LogP contribution in [0.3, 0.4) is 0 Å². The van der Waals surface area contributed by atoms with Crippen LogP contribution in [-0.2, 0) is 131 Å². The van der Waals surface area contributed by atoms with Crippen molar-refractivity contribution < 1.29 is 161 Å². The third-order valence-corrected chi connectivity index (χ3v) is 87.6. The molecule has 0 heterocycles. The molecule has 134 heavy (non-hydrogen) atoms. The third-order valence-electron chi connectivity index (χ3n) is 87.6. The summed E-state index contributed by atoms with van der Waals surface area (Å²) < 4.78 is 113. The van der Waals surface area contributed by atoms with E-state index in [-0.39, 0.29) is 222 Å². The van der Waals surface area contributed by atoms with Crippen molar-refractivity contribution in [2.24, 2.45) is 417 Å². The Balaban J connectivity index is 0.000000127. The van der Waals surface area contributed by atoms with Crippen LogP contribution in [0, 0.1) is 493 Å². The zero-order valence-electron chi connectivity index (χ0n) is 75.0. The Bertz CT molecular complexity index is 7400. The van der Waals surface area contributed by atoms with Crippen molar-refractivity contribution in [3.63, 3.8) is 0 Å². The topological polar surface area (TPSA) is 140 Å². The van der Waals surface area contributed by atoms with E-state index >= 15 is 0 Å². The maximum absolute atomic E-state index is 10.4. The first-order valence-electron chi connectivity index (χ1n) is 55.7. The molecule has 76 atom stereocenters. The Hall–Kier alpha value is 4.67. The molecule has 12 N–H and O–H groups in total. The molecule has 74 saturated carbocycles. The average molecular weight is 2080 g/mol. The molecule has 76 unspecified atom stereocenters. The summed E-state index contributed by atoms with van der Waals surface area (Å²) in [5, 5.41) is 0. The maximum Gasteiger partial charge on any atom is 0.275 e. The molecule has 29 heteroatoms. The molecule has 0 aliphatic heterocycles. The van der Waals surface area contributed by atoms with Gasteiger partial charge in [-0.1, -0.05) is 66.8 Å². The molecule has 56 spiro atoms. The second-order valence-electron chi connectivity index (χ2n) is 64.7. The summed E-state index contributed by atoms with van der Waals surface area (Å²) in [4.78, 5) is 0. The van der Waals surface area contributed by atoms with Crippen LogP contribution in [0.15, 0.2) is 0 Å². The summed E-state index contributed by atoms with van der Waals surface area (Å²) in [6.07, 6.45) is 14.0. The second-order valence-corrected chi connectivity index (χ2v) is 64.7. The van der Waals surface area contributed by atoms with Gasteiger partial charge in [0.2, 0.25) is 0 Å². The van der Waals surface area contributed by atoms with E-state index in [0.717, 1.165) is 162 Å². The van der Waals surface area contributed by atoms with E-state index in [0.29, 0.717) is 0 Å². The molecule has 0 saturated heterocycles. The van der Waals surface area contributed by atoms with Crippen LogP contribution in [0.2, 0.25) is 0 Å². The maximum atomic E-state index is 10.4. The average Bonchev–Trinajstić information content (AvgIpc) is 0.393. The quantitative estimate of drug-likeness (QED) is 0.142. The van der Waals surface area contributed by atoms with E-state index in [4.69, 9.17) is 9.35 Å². The van der Waals surface area contributed by atoms with E-state index in [2.05, 4.69) is 54.2 Å². The second kappa shape index (κ2) is 12.6.